The molecular formula is C5H11N3S. The minimum atomic E-state index is 0.629. The van der Waals surface area contributed by atoms with Gasteiger partial charge < -0.3 is 0 Å². The summed E-state index contributed by atoms with van der Waals surface area (Å²) in [5, 5.41) is 3.40. The Hall–Kier alpha value is -0.340. The minimum absolute atomic E-state index is 0.629. The van der Waals surface area contributed by atoms with E-state index in [1.807, 2.05) is 0 Å². The molecule has 0 radical (unpaired) electrons. The first-order valence-corrected chi connectivity index (χ1v) is 3.66. The number of azide groups is 1. The van der Waals surface area contributed by atoms with Crippen LogP contribution < -0.4 is 0 Å². The van der Waals surface area contributed by atoms with Gasteiger partial charge in [-0.3, -0.25) is 0 Å². The molecule has 0 aromatic heterocycles. The highest BCUT2D eigenvalue weighted by atomic mass is 32.1. The molecule has 0 saturated heterocycles. The molecule has 0 saturated carbocycles. The Morgan fingerprint density at radius 1 is 1.33 bits per heavy atom. The average molecular weight is 145 g/mol. The number of hydrogen-bond acceptors (Lipinski definition) is 2. The molecule has 0 aromatic carbocycles. The maximum atomic E-state index is 7.87. The van der Waals surface area contributed by atoms with Crippen molar-refractivity contribution in [3.63, 3.8) is 0 Å². The van der Waals surface area contributed by atoms with Crippen LogP contribution in [0.25, 0.3) is 10.4 Å². The molecule has 0 aromatic rings. The van der Waals surface area contributed by atoms with Gasteiger partial charge in [0, 0.05) is 11.5 Å². The van der Waals surface area contributed by atoms with Crippen LogP contribution in [-0.4, -0.2) is 12.3 Å². The normalized spacial score (nSPS) is 8.56. The van der Waals surface area contributed by atoms with Crippen LogP contribution in [0.1, 0.15) is 19.3 Å². The van der Waals surface area contributed by atoms with Gasteiger partial charge in [-0.1, -0.05) is 11.5 Å². The van der Waals surface area contributed by atoms with Crippen LogP contribution >= 0.6 is 12.6 Å². The molecule has 4 heteroatoms. The monoisotopic (exact) mass is 145 g/mol. The van der Waals surface area contributed by atoms with Crippen molar-refractivity contribution in [2.24, 2.45) is 5.11 Å². The molecule has 0 atom stereocenters. The first-order chi connectivity index (χ1) is 4.41. The molecule has 0 fully saturated rings. The van der Waals surface area contributed by atoms with Gasteiger partial charge in [-0.25, -0.2) is 0 Å². The largest absolute Gasteiger partial charge is 0.179 e. The molecule has 3 nitrogen and oxygen atoms in total. The molecular weight excluding hydrogens is 134 g/mol. The van der Waals surface area contributed by atoms with Crippen molar-refractivity contribution in [1.29, 1.82) is 0 Å². The van der Waals surface area contributed by atoms with Gasteiger partial charge in [-0.05, 0) is 24.1 Å². The Morgan fingerprint density at radius 2 is 2.11 bits per heavy atom. The number of thiol groups is 1. The lowest BCUT2D eigenvalue weighted by Gasteiger charge is -1.90. The lowest BCUT2D eigenvalue weighted by molar-refractivity contribution is 0.731. The highest BCUT2D eigenvalue weighted by Gasteiger charge is 1.83. The van der Waals surface area contributed by atoms with Crippen molar-refractivity contribution in [2.75, 3.05) is 12.3 Å². The first kappa shape index (κ1) is 8.66. The first-order valence-electron chi connectivity index (χ1n) is 3.03. The molecule has 52 valence electrons. The van der Waals surface area contributed by atoms with E-state index in [1.54, 1.807) is 0 Å². The predicted octanol–water partition coefficient (Wildman–Crippen LogP) is 2.40. The lowest BCUT2D eigenvalue weighted by atomic mass is 10.2. The van der Waals surface area contributed by atoms with Crippen LogP contribution in [0.15, 0.2) is 5.11 Å². The van der Waals surface area contributed by atoms with Crippen molar-refractivity contribution in [1.82, 2.24) is 0 Å². The number of hydrogen-bond donors (Lipinski definition) is 1. The number of unbranched alkanes of at least 4 members (excludes halogenated alkanes) is 2. The van der Waals surface area contributed by atoms with Gasteiger partial charge in [0.15, 0.2) is 0 Å². The summed E-state index contributed by atoms with van der Waals surface area (Å²) in [6.07, 6.45) is 3.22. The quantitative estimate of drug-likeness (QED) is 0.203. The van der Waals surface area contributed by atoms with Gasteiger partial charge in [-0.15, -0.1) is 0 Å². The zero-order valence-electron chi connectivity index (χ0n) is 5.32. The minimum Gasteiger partial charge on any atom is -0.179 e. The Bertz CT molecular complexity index is 98.4. The zero-order chi connectivity index (χ0) is 6.95. The van der Waals surface area contributed by atoms with Crippen molar-refractivity contribution in [3.8, 4) is 0 Å². The Labute approximate surface area is 60.5 Å². The molecule has 0 unspecified atom stereocenters. The van der Waals surface area contributed by atoms with Gasteiger partial charge in [0.2, 0.25) is 0 Å². The second-order valence-electron chi connectivity index (χ2n) is 1.74. The van der Waals surface area contributed by atoms with E-state index in [1.165, 1.54) is 0 Å². The highest BCUT2D eigenvalue weighted by molar-refractivity contribution is 7.80. The lowest BCUT2D eigenvalue weighted by Crippen LogP contribution is -1.80. The average Bonchev–Trinajstić information content (AvgIpc) is 1.89. The number of nitrogens with zero attached hydrogens (tertiary/aromatic N) is 3. The van der Waals surface area contributed by atoms with E-state index in [9.17, 15) is 0 Å². The molecule has 0 amide bonds. The summed E-state index contributed by atoms with van der Waals surface area (Å²) in [6.45, 7) is 0.629. The van der Waals surface area contributed by atoms with Crippen LogP contribution in [0.2, 0.25) is 0 Å². The van der Waals surface area contributed by atoms with Crippen LogP contribution in [-0.2, 0) is 0 Å². The Morgan fingerprint density at radius 3 is 2.67 bits per heavy atom. The predicted molar refractivity (Wildman–Crippen MR) is 41.7 cm³/mol. The summed E-state index contributed by atoms with van der Waals surface area (Å²) in [5.41, 5.74) is 7.87. The molecule has 0 rings (SSSR count). The molecule has 0 aliphatic heterocycles. The topological polar surface area (TPSA) is 48.8 Å². The summed E-state index contributed by atoms with van der Waals surface area (Å²) >= 11 is 4.04. The van der Waals surface area contributed by atoms with E-state index in [2.05, 4.69) is 22.7 Å². The summed E-state index contributed by atoms with van der Waals surface area (Å²) < 4.78 is 0. The summed E-state index contributed by atoms with van der Waals surface area (Å²) in [7, 11) is 0. The second-order valence-corrected chi connectivity index (χ2v) is 2.19. The fourth-order valence-corrected chi connectivity index (χ4v) is 0.739. The van der Waals surface area contributed by atoms with Gasteiger partial charge >= 0.3 is 0 Å². The standard InChI is InChI=1S/C5H11N3S/c6-8-7-4-2-1-3-5-9/h9H,1-5H2. The van der Waals surface area contributed by atoms with Crippen LogP contribution in [0.5, 0.6) is 0 Å². The fourth-order valence-electron chi connectivity index (χ4n) is 0.516. The Balaban J connectivity index is 2.82. The van der Waals surface area contributed by atoms with Gasteiger partial charge in [0.25, 0.3) is 0 Å². The Kier molecular flexibility index (Phi) is 7.37. The molecule has 0 spiro atoms. The molecule has 0 aliphatic carbocycles. The summed E-state index contributed by atoms with van der Waals surface area (Å²) in [5.74, 6) is 0.927. The van der Waals surface area contributed by atoms with Gasteiger partial charge in [-0.2, -0.15) is 12.6 Å². The van der Waals surface area contributed by atoms with E-state index in [0.717, 1.165) is 25.0 Å². The van der Waals surface area contributed by atoms with E-state index in [4.69, 9.17) is 5.53 Å². The van der Waals surface area contributed by atoms with Crippen molar-refractivity contribution in [2.45, 2.75) is 19.3 Å². The third kappa shape index (κ3) is 7.66. The van der Waals surface area contributed by atoms with Crippen LogP contribution in [0.3, 0.4) is 0 Å². The van der Waals surface area contributed by atoms with Crippen LogP contribution in [0, 0.1) is 0 Å². The smallest absolute Gasteiger partial charge is 0.0257 e. The number of rotatable bonds is 5. The highest BCUT2D eigenvalue weighted by Crippen LogP contribution is 1.96. The summed E-state index contributed by atoms with van der Waals surface area (Å²) in [4.78, 5) is 2.64. The van der Waals surface area contributed by atoms with Crippen molar-refractivity contribution < 1.29 is 0 Å². The van der Waals surface area contributed by atoms with Crippen molar-refractivity contribution in [3.05, 3.63) is 10.4 Å². The molecule has 0 heterocycles. The fraction of sp³-hybridized carbons (Fsp3) is 1.00. The molecule has 0 aliphatic rings. The van der Waals surface area contributed by atoms with Crippen molar-refractivity contribution >= 4 is 12.6 Å². The van der Waals surface area contributed by atoms with Crippen LogP contribution in [0.4, 0.5) is 0 Å². The van der Waals surface area contributed by atoms with E-state index >= 15 is 0 Å². The van der Waals surface area contributed by atoms with Gasteiger partial charge in [0.1, 0.15) is 0 Å². The molecule has 0 bridgehead atoms. The third-order valence-electron chi connectivity index (χ3n) is 0.979. The SMILES string of the molecule is [N-]=[N+]=NCCCCCS. The second kappa shape index (κ2) is 7.66. The third-order valence-corrected chi connectivity index (χ3v) is 1.30. The zero-order valence-corrected chi connectivity index (χ0v) is 6.22. The van der Waals surface area contributed by atoms with E-state index in [0.29, 0.717) is 6.54 Å². The molecule has 9 heavy (non-hydrogen) atoms. The maximum Gasteiger partial charge on any atom is 0.0257 e. The van der Waals surface area contributed by atoms with E-state index in [-0.39, 0.29) is 0 Å². The van der Waals surface area contributed by atoms with E-state index < -0.39 is 0 Å². The molecule has 0 N–H and O–H groups in total. The van der Waals surface area contributed by atoms with Gasteiger partial charge in [0.05, 0.1) is 0 Å². The maximum absolute atomic E-state index is 7.87. The summed E-state index contributed by atoms with van der Waals surface area (Å²) in [6, 6.07) is 0.